The number of aromatic nitrogens is 1. The van der Waals surface area contributed by atoms with Crippen LogP contribution in [0.3, 0.4) is 0 Å². The lowest BCUT2D eigenvalue weighted by Crippen LogP contribution is -2.29. The number of nitrogens with zero attached hydrogens (tertiary/aromatic N) is 1. The smallest absolute Gasteiger partial charge is 0.240 e. The molecule has 1 aliphatic carbocycles. The number of benzene rings is 2. The first-order valence-corrected chi connectivity index (χ1v) is 10.6. The van der Waals surface area contributed by atoms with E-state index in [4.69, 9.17) is 0 Å². The van der Waals surface area contributed by atoms with Crippen LogP contribution in [0.2, 0.25) is 0 Å². The highest BCUT2D eigenvalue weighted by Crippen LogP contribution is 2.30. The van der Waals surface area contributed by atoms with Gasteiger partial charge in [-0.3, -0.25) is 9.59 Å². The highest BCUT2D eigenvalue weighted by Gasteiger charge is 2.25. The zero-order valence-corrected chi connectivity index (χ0v) is 16.9. The SMILES string of the molecule is C[C@H](NC(=O)Cn1cc(C(=O)C2CCCCC2)c2ccccc21)c1ccccc1. The first kappa shape index (κ1) is 19.4. The van der Waals surface area contributed by atoms with Crippen LogP contribution in [0.15, 0.2) is 60.8 Å². The van der Waals surface area contributed by atoms with E-state index in [1.807, 2.05) is 72.3 Å². The normalized spacial score (nSPS) is 15.9. The van der Waals surface area contributed by atoms with Crippen LogP contribution in [0.1, 0.15) is 61.0 Å². The molecule has 29 heavy (non-hydrogen) atoms. The van der Waals surface area contributed by atoms with Crippen molar-refractivity contribution in [2.24, 2.45) is 5.92 Å². The second-order valence-electron chi connectivity index (χ2n) is 8.09. The lowest BCUT2D eigenvalue weighted by molar-refractivity contribution is -0.122. The van der Waals surface area contributed by atoms with Crippen LogP contribution in [0.4, 0.5) is 0 Å². The molecule has 3 aromatic rings. The molecule has 0 unspecified atom stereocenters. The summed E-state index contributed by atoms with van der Waals surface area (Å²) in [7, 11) is 0. The van der Waals surface area contributed by atoms with Crippen molar-refractivity contribution in [3.8, 4) is 0 Å². The monoisotopic (exact) mass is 388 g/mol. The molecule has 4 heteroatoms. The van der Waals surface area contributed by atoms with Gasteiger partial charge in [0.1, 0.15) is 6.54 Å². The molecule has 1 fully saturated rings. The molecule has 1 amide bonds. The van der Waals surface area contributed by atoms with Crippen LogP contribution in [0.5, 0.6) is 0 Å². The number of carbonyl (C=O) groups is 2. The van der Waals surface area contributed by atoms with E-state index < -0.39 is 0 Å². The average molecular weight is 389 g/mol. The number of nitrogens with one attached hydrogen (secondary N) is 1. The molecule has 0 aliphatic heterocycles. The minimum atomic E-state index is -0.0612. The third-order valence-corrected chi connectivity index (χ3v) is 6.02. The Hall–Kier alpha value is -2.88. The molecule has 4 rings (SSSR count). The van der Waals surface area contributed by atoms with E-state index in [1.165, 1.54) is 6.42 Å². The maximum atomic E-state index is 13.2. The Morgan fingerprint density at radius 2 is 1.69 bits per heavy atom. The average Bonchev–Trinajstić information content (AvgIpc) is 3.12. The molecular formula is C25H28N2O2. The summed E-state index contributed by atoms with van der Waals surface area (Å²) in [5, 5.41) is 4.02. The summed E-state index contributed by atoms with van der Waals surface area (Å²) < 4.78 is 1.92. The second kappa shape index (κ2) is 8.64. The summed E-state index contributed by atoms with van der Waals surface area (Å²) in [6.07, 6.45) is 7.34. The minimum Gasteiger partial charge on any atom is -0.348 e. The minimum absolute atomic E-state index is 0.0567. The van der Waals surface area contributed by atoms with Gasteiger partial charge in [0.05, 0.1) is 6.04 Å². The first-order valence-electron chi connectivity index (χ1n) is 10.6. The molecule has 0 bridgehead atoms. The largest absolute Gasteiger partial charge is 0.348 e. The molecule has 1 saturated carbocycles. The fourth-order valence-corrected chi connectivity index (χ4v) is 4.43. The molecule has 1 aromatic heterocycles. The Morgan fingerprint density at radius 3 is 2.45 bits per heavy atom. The van der Waals surface area contributed by atoms with E-state index in [0.29, 0.717) is 0 Å². The highest BCUT2D eigenvalue weighted by atomic mass is 16.2. The van der Waals surface area contributed by atoms with Gasteiger partial charge in [0.2, 0.25) is 5.91 Å². The van der Waals surface area contributed by atoms with Crippen LogP contribution in [-0.2, 0) is 11.3 Å². The Bertz CT molecular complexity index is 1000. The van der Waals surface area contributed by atoms with E-state index in [1.54, 1.807) is 0 Å². The van der Waals surface area contributed by atoms with Crippen molar-refractivity contribution in [1.82, 2.24) is 9.88 Å². The Labute approximate surface area is 171 Å². The molecule has 0 spiro atoms. The first-order chi connectivity index (χ1) is 14.1. The van der Waals surface area contributed by atoms with Crippen molar-refractivity contribution in [1.29, 1.82) is 0 Å². The van der Waals surface area contributed by atoms with Gasteiger partial charge in [0.15, 0.2) is 5.78 Å². The van der Waals surface area contributed by atoms with Crippen LogP contribution in [0, 0.1) is 5.92 Å². The number of amides is 1. The van der Waals surface area contributed by atoms with Gasteiger partial charge < -0.3 is 9.88 Å². The third-order valence-electron chi connectivity index (χ3n) is 6.02. The van der Waals surface area contributed by atoms with E-state index in [0.717, 1.165) is 47.7 Å². The fraction of sp³-hybridized carbons (Fsp3) is 0.360. The van der Waals surface area contributed by atoms with Crippen LogP contribution in [0.25, 0.3) is 10.9 Å². The molecule has 1 N–H and O–H groups in total. The van der Waals surface area contributed by atoms with Gasteiger partial charge in [-0.25, -0.2) is 0 Å². The lowest BCUT2D eigenvalue weighted by atomic mass is 9.84. The summed E-state index contributed by atoms with van der Waals surface area (Å²) in [6.45, 7) is 2.19. The number of fused-ring (bicyclic) bond motifs is 1. The molecule has 2 aromatic carbocycles. The highest BCUT2D eigenvalue weighted by molar-refractivity contribution is 6.09. The predicted octanol–water partition coefficient (Wildman–Crippen LogP) is 5.28. The van der Waals surface area contributed by atoms with Crippen molar-refractivity contribution in [3.05, 3.63) is 71.9 Å². The van der Waals surface area contributed by atoms with Crippen molar-refractivity contribution in [2.75, 3.05) is 0 Å². The number of hydrogen-bond donors (Lipinski definition) is 1. The number of carbonyl (C=O) groups excluding carboxylic acids is 2. The Balaban J connectivity index is 1.54. The van der Waals surface area contributed by atoms with Crippen LogP contribution in [-0.4, -0.2) is 16.3 Å². The van der Waals surface area contributed by atoms with Crippen molar-refractivity contribution in [2.45, 2.75) is 51.6 Å². The maximum absolute atomic E-state index is 13.2. The number of rotatable bonds is 6. The van der Waals surface area contributed by atoms with E-state index in [-0.39, 0.29) is 30.2 Å². The molecule has 150 valence electrons. The molecular weight excluding hydrogens is 360 g/mol. The van der Waals surface area contributed by atoms with Crippen LogP contribution < -0.4 is 5.32 Å². The Kier molecular flexibility index (Phi) is 5.79. The van der Waals surface area contributed by atoms with Gasteiger partial charge in [-0.15, -0.1) is 0 Å². The third kappa shape index (κ3) is 4.26. The summed E-state index contributed by atoms with van der Waals surface area (Å²) >= 11 is 0. The van der Waals surface area contributed by atoms with E-state index >= 15 is 0 Å². The van der Waals surface area contributed by atoms with Gasteiger partial charge in [-0.05, 0) is 31.4 Å². The van der Waals surface area contributed by atoms with Gasteiger partial charge in [0, 0.05) is 28.6 Å². The molecule has 1 aliphatic rings. The number of hydrogen-bond acceptors (Lipinski definition) is 2. The van der Waals surface area contributed by atoms with Crippen molar-refractivity contribution < 1.29 is 9.59 Å². The molecule has 0 radical (unpaired) electrons. The molecule has 1 atom stereocenters. The topological polar surface area (TPSA) is 51.1 Å². The molecule has 4 nitrogen and oxygen atoms in total. The van der Waals surface area contributed by atoms with Crippen molar-refractivity contribution in [3.63, 3.8) is 0 Å². The second-order valence-corrected chi connectivity index (χ2v) is 8.09. The quantitative estimate of drug-likeness (QED) is 0.584. The lowest BCUT2D eigenvalue weighted by Gasteiger charge is -2.19. The van der Waals surface area contributed by atoms with E-state index in [9.17, 15) is 9.59 Å². The summed E-state index contributed by atoms with van der Waals surface area (Å²) in [4.78, 5) is 25.9. The zero-order valence-electron chi connectivity index (χ0n) is 16.9. The maximum Gasteiger partial charge on any atom is 0.240 e. The molecule has 0 saturated heterocycles. The van der Waals surface area contributed by atoms with E-state index in [2.05, 4.69) is 5.32 Å². The Morgan fingerprint density at radius 1 is 1.00 bits per heavy atom. The predicted molar refractivity (Wildman–Crippen MR) is 116 cm³/mol. The standard InChI is InChI=1S/C25H28N2O2/c1-18(19-10-4-2-5-11-19)26-24(28)17-27-16-22(21-14-8-9-15-23(21)27)25(29)20-12-6-3-7-13-20/h2,4-5,8-11,14-16,18,20H,3,6-7,12-13,17H2,1H3,(H,26,28)/t18-/m0/s1. The number of Topliss-reactive ketones (excluding diaryl/α,β-unsaturated/α-hetero) is 1. The summed E-state index contributed by atoms with van der Waals surface area (Å²) in [5.41, 5.74) is 2.77. The van der Waals surface area contributed by atoms with Gasteiger partial charge in [-0.1, -0.05) is 67.8 Å². The number of ketones is 1. The van der Waals surface area contributed by atoms with Gasteiger partial charge >= 0.3 is 0 Å². The summed E-state index contributed by atoms with van der Waals surface area (Å²) in [6, 6.07) is 17.8. The number of para-hydroxylation sites is 1. The zero-order chi connectivity index (χ0) is 20.2. The van der Waals surface area contributed by atoms with Gasteiger partial charge in [0.25, 0.3) is 0 Å². The summed E-state index contributed by atoms with van der Waals surface area (Å²) in [5.74, 6) is 0.298. The van der Waals surface area contributed by atoms with Gasteiger partial charge in [-0.2, -0.15) is 0 Å². The molecule has 1 heterocycles. The fourth-order valence-electron chi connectivity index (χ4n) is 4.43. The van der Waals surface area contributed by atoms with Crippen molar-refractivity contribution >= 4 is 22.6 Å². The van der Waals surface area contributed by atoms with Crippen LogP contribution >= 0.6 is 0 Å².